The van der Waals surface area contributed by atoms with E-state index in [4.69, 9.17) is 21.6 Å². The molecule has 0 spiro atoms. The van der Waals surface area contributed by atoms with Crippen LogP contribution >= 0.6 is 11.6 Å². The molecule has 0 aliphatic heterocycles. The lowest BCUT2D eigenvalue weighted by Gasteiger charge is -2.15. The Morgan fingerprint density at radius 3 is 2.59 bits per heavy atom. The number of fused-ring (bicyclic) bond motifs is 1. The smallest absolute Gasteiger partial charge is 0.266 e. The molecule has 1 N–H and O–H groups in total. The molecule has 4 rings (SSSR count). The van der Waals surface area contributed by atoms with Crippen molar-refractivity contribution < 1.29 is 4.39 Å². The summed E-state index contributed by atoms with van der Waals surface area (Å²) in [7, 11) is 0. The first-order chi connectivity index (χ1) is 16.4. The van der Waals surface area contributed by atoms with Crippen molar-refractivity contribution in [3.05, 3.63) is 99.1 Å². The molecule has 0 bridgehead atoms. The van der Waals surface area contributed by atoms with Crippen molar-refractivity contribution in [2.45, 2.75) is 39.7 Å². The summed E-state index contributed by atoms with van der Waals surface area (Å²) in [5.74, 6) is 0.737. The highest BCUT2D eigenvalue weighted by molar-refractivity contribution is 6.32. The number of nitrogens with one attached hydrogen (secondary N) is 1. The molecule has 0 aliphatic carbocycles. The molecule has 0 saturated carbocycles. The van der Waals surface area contributed by atoms with Gasteiger partial charge in [0.1, 0.15) is 11.6 Å². The standard InChI is InChI=1S/C27H28ClFN4O/c1-18(2)14-15-30-17-21-7-5-6-20(31-21)11-13-26-32-24-12-10-19(29)16-22(24)27(34)33(26)25-9-4-3-8-23(25)28/h3-10,12,16,18,30H,11,13-15,17H2,1-2H3. The van der Waals surface area contributed by atoms with Crippen molar-refractivity contribution in [3.8, 4) is 5.69 Å². The van der Waals surface area contributed by atoms with E-state index in [1.807, 2.05) is 24.3 Å². The first-order valence-corrected chi connectivity index (χ1v) is 11.9. The molecular formula is C27H28ClFN4O. The van der Waals surface area contributed by atoms with Crippen LogP contribution in [0, 0.1) is 11.7 Å². The normalized spacial score (nSPS) is 11.4. The van der Waals surface area contributed by atoms with Gasteiger partial charge in [0.05, 0.1) is 27.3 Å². The Hall–Kier alpha value is -3.09. The molecule has 0 amide bonds. The number of aryl methyl sites for hydroxylation is 2. The summed E-state index contributed by atoms with van der Waals surface area (Å²) in [5, 5.41) is 4.08. The van der Waals surface area contributed by atoms with Gasteiger partial charge >= 0.3 is 0 Å². The van der Waals surface area contributed by atoms with Crippen molar-refractivity contribution in [2.24, 2.45) is 5.92 Å². The average molecular weight is 479 g/mol. The van der Waals surface area contributed by atoms with Crippen molar-refractivity contribution in [1.82, 2.24) is 19.9 Å². The van der Waals surface area contributed by atoms with E-state index in [1.165, 1.54) is 22.8 Å². The van der Waals surface area contributed by atoms with Crippen LogP contribution in [-0.2, 0) is 19.4 Å². The van der Waals surface area contributed by atoms with E-state index in [2.05, 4.69) is 19.2 Å². The van der Waals surface area contributed by atoms with Gasteiger partial charge in [-0.2, -0.15) is 0 Å². The van der Waals surface area contributed by atoms with E-state index < -0.39 is 5.82 Å². The van der Waals surface area contributed by atoms with Crippen molar-refractivity contribution in [1.29, 1.82) is 0 Å². The summed E-state index contributed by atoms with van der Waals surface area (Å²) in [4.78, 5) is 22.9. The van der Waals surface area contributed by atoms with Crippen LogP contribution in [0.3, 0.4) is 0 Å². The van der Waals surface area contributed by atoms with Crippen LogP contribution in [0.5, 0.6) is 0 Å². The topological polar surface area (TPSA) is 59.8 Å². The Balaban J connectivity index is 1.63. The molecule has 0 atom stereocenters. The molecule has 0 saturated heterocycles. The van der Waals surface area contributed by atoms with Crippen LogP contribution in [0.15, 0.2) is 65.5 Å². The molecule has 5 nitrogen and oxygen atoms in total. The highest BCUT2D eigenvalue weighted by Gasteiger charge is 2.16. The fourth-order valence-electron chi connectivity index (χ4n) is 3.87. The minimum Gasteiger partial charge on any atom is -0.311 e. The molecule has 2 aromatic carbocycles. The highest BCUT2D eigenvalue weighted by atomic mass is 35.5. The number of aromatic nitrogens is 3. The summed E-state index contributed by atoms with van der Waals surface area (Å²) >= 11 is 6.42. The monoisotopic (exact) mass is 478 g/mol. The van der Waals surface area contributed by atoms with E-state index in [0.717, 1.165) is 24.4 Å². The van der Waals surface area contributed by atoms with Crippen LogP contribution in [0.4, 0.5) is 4.39 Å². The van der Waals surface area contributed by atoms with Gasteiger partial charge in [-0.15, -0.1) is 0 Å². The zero-order chi connectivity index (χ0) is 24.1. The first kappa shape index (κ1) is 24.0. The lowest BCUT2D eigenvalue weighted by molar-refractivity contribution is 0.534. The molecule has 0 aliphatic rings. The number of rotatable bonds is 9. The Kier molecular flexibility index (Phi) is 7.70. The van der Waals surface area contributed by atoms with Crippen molar-refractivity contribution >= 4 is 22.5 Å². The summed E-state index contributed by atoms with van der Waals surface area (Å²) < 4.78 is 15.4. The molecule has 2 heterocycles. The van der Waals surface area contributed by atoms with Gasteiger partial charge in [-0.1, -0.05) is 43.6 Å². The SMILES string of the molecule is CC(C)CCNCc1cccc(CCc2nc3ccc(F)cc3c(=O)n2-c2ccccc2Cl)n1. The van der Waals surface area contributed by atoms with Gasteiger partial charge in [-0.25, -0.2) is 9.37 Å². The molecule has 4 aromatic rings. The Morgan fingerprint density at radius 1 is 1.00 bits per heavy atom. The van der Waals surface area contributed by atoms with Gasteiger partial charge < -0.3 is 5.32 Å². The second-order valence-corrected chi connectivity index (χ2v) is 9.17. The highest BCUT2D eigenvalue weighted by Crippen LogP contribution is 2.22. The largest absolute Gasteiger partial charge is 0.311 e. The Morgan fingerprint density at radius 2 is 1.79 bits per heavy atom. The number of halogens is 2. The van der Waals surface area contributed by atoms with Gasteiger partial charge in [0, 0.05) is 18.7 Å². The summed E-state index contributed by atoms with van der Waals surface area (Å²) in [5.41, 5.74) is 2.54. The lowest BCUT2D eigenvalue weighted by atomic mass is 10.1. The molecule has 7 heteroatoms. The molecule has 34 heavy (non-hydrogen) atoms. The number of benzene rings is 2. The predicted octanol–water partition coefficient (Wildman–Crippen LogP) is 5.49. The fraction of sp³-hybridized carbons (Fsp3) is 0.296. The fourth-order valence-corrected chi connectivity index (χ4v) is 4.09. The summed E-state index contributed by atoms with van der Waals surface area (Å²) in [6, 6.07) is 17.2. The number of para-hydroxylation sites is 1. The van der Waals surface area contributed by atoms with Crippen LogP contribution in [0.2, 0.25) is 5.02 Å². The quantitative estimate of drug-likeness (QED) is 0.323. The van der Waals surface area contributed by atoms with E-state index in [-0.39, 0.29) is 10.9 Å². The third kappa shape index (κ3) is 5.69. The second-order valence-electron chi connectivity index (χ2n) is 8.76. The maximum atomic E-state index is 13.9. The summed E-state index contributed by atoms with van der Waals surface area (Å²) in [6.07, 6.45) is 2.20. The predicted molar refractivity (Wildman–Crippen MR) is 135 cm³/mol. The van der Waals surface area contributed by atoms with E-state index >= 15 is 0 Å². The molecule has 176 valence electrons. The summed E-state index contributed by atoms with van der Waals surface area (Å²) in [6.45, 7) is 6.08. The van der Waals surface area contributed by atoms with Crippen LogP contribution in [0.25, 0.3) is 16.6 Å². The first-order valence-electron chi connectivity index (χ1n) is 11.5. The van der Waals surface area contributed by atoms with Gasteiger partial charge in [0.2, 0.25) is 0 Å². The third-order valence-corrected chi connectivity index (χ3v) is 5.99. The van der Waals surface area contributed by atoms with Crippen molar-refractivity contribution in [3.63, 3.8) is 0 Å². The molecule has 2 aromatic heterocycles. The number of pyridine rings is 1. The third-order valence-electron chi connectivity index (χ3n) is 5.67. The minimum atomic E-state index is -0.479. The Bertz CT molecular complexity index is 1350. The zero-order valence-electron chi connectivity index (χ0n) is 19.4. The van der Waals surface area contributed by atoms with E-state index in [1.54, 1.807) is 18.2 Å². The van der Waals surface area contributed by atoms with Crippen LogP contribution < -0.4 is 10.9 Å². The second kappa shape index (κ2) is 10.9. The lowest BCUT2D eigenvalue weighted by Crippen LogP contribution is -2.25. The zero-order valence-corrected chi connectivity index (χ0v) is 20.1. The molecule has 0 unspecified atom stereocenters. The van der Waals surface area contributed by atoms with Crippen LogP contribution in [-0.4, -0.2) is 21.1 Å². The van der Waals surface area contributed by atoms with Gasteiger partial charge in [0.15, 0.2) is 0 Å². The van der Waals surface area contributed by atoms with Crippen molar-refractivity contribution in [2.75, 3.05) is 6.54 Å². The van der Waals surface area contributed by atoms with Gasteiger partial charge in [-0.3, -0.25) is 14.3 Å². The minimum absolute atomic E-state index is 0.219. The molecule has 0 fully saturated rings. The van der Waals surface area contributed by atoms with Gasteiger partial charge in [-0.05, 0) is 67.8 Å². The Labute approximate surface area is 203 Å². The molecular weight excluding hydrogens is 451 g/mol. The number of nitrogens with zero attached hydrogens (tertiary/aromatic N) is 3. The van der Waals surface area contributed by atoms with E-state index in [9.17, 15) is 9.18 Å². The van der Waals surface area contributed by atoms with E-state index in [0.29, 0.717) is 47.4 Å². The van der Waals surface area contributed by atoms with Gasteiger partial charge in [0.25, 0.3) is 5.56 Å². The molecule has 0 radical (unpaired) electrons. The average Bonchev–Trinajstić information content (AvgIpc) is 2.82. The number of hydrogen-bond acceptors (Lipinski definition) is 4. The number of hydrogen-bond donors (Lipinski definition) is 1. The van der Waals surface area contributed by atoms with Crippen LogP contribution in [0.1, 0.15) is 37.5 Å². The maximum absolute atomic E-state index is 13.9. The maximum Gasteiger partial charge on any atom is 0.266 e.